The third-order valence-corrected chi connectivity index (χ3v) is 5.07. The first-order valence-electron chi connectivity index (χ1n) is 8.96. The topological polar surface area (TPSA) is 62.2 Å². The van der Waals surface area contributed by atoms with Crippen LogP contribution in [-0.2, 0) is 5.60 Å². The van der Waals surface area contributed by atoms with Gasteiger partial charge in [-0.25, -0.2) is 0 Å². The van der Waals surface area contributed by atoms with Crippen molar-refractivity contribution in [3.63, 3.8) is 0 Å². The Bertz CT molecular complexity index is 735. The van der Waals surface area contributed by atoms with Crippen LogP contribution >= 0.6 is 0 Å². The molecule has 1 saturated heterocycles. The highest BCUT2D eigenvalue weighted by Crippen LogP contribution is 2.37. The molecule has 2 atom stereocenters. The first kappa shape index (κ1) is 18.7. The van der Waals surface area contributed by atoms with Crippen molar-refractivity contribution in [3.8, 4) is 11.5 Å². The number of likely N-dealkylation sites (tertiary alicyclic amines) is 1. The van der Waals surface area contributed by atoms with Crippen molar-refractivity contribution in [2.75, 3.05) is 33.9 Å². The Morgan fingerprint density at radius 3 is 2.69 bits per heavy atom. The van der Waals surface area contributed by atoms with Crippen LogP contribution in [0.4, 0.5) is 0 Å². The predicted octanol–water partition coefficient (Wildman–Crippen LogP) is 2.72. The van der Waals surface area contributed by atoms with Gasteiger partial charge in [0.05, 0.1) is 20.3 Å². The second kappa shape index (κ2) is 8.08. The molecule has 0 amide bonds. The minimum absolute atomic E-state index is 0.463. The minimum atomic E-state index is -0.973. The molecule has 0 aromatic heterocycles. The Kier molecular flexibility index (Phi) is 5.81. The molecule has 3 rings (SSSR count). The third kappa shape index (κ3) is 4.01. The lowest BCUT2D eigenvalue weighted by Gasteiger charge is -2.40. The first-order chi connectivity index (χ1) is 12.6. The summed E-state index contributed by atoms with van der Waals surface area (Å²) in [5.41, 5.74) is 0.651. The molecule has 5 heteroatoms. The van der Waals surface area contributed by atoms with E-state index in [9.17, 15) is 10.2 Å². The lowest BCUT2D eigenvalue weighted by Crippen LogP contribution is -2.47. The average Bonchev–Trinajstić information content (AvgIpc) is 2.68. The average molecular weight is 357 g/mol. The van der Waals surface area contributed by atoms with Crippen LogP contribution in [0.3, 0.4) is 0 Å². The third-order valence-electron chi connectivity index (χ3n) is 5.07. The smallest absolute Gasteiger partial charge is 0.124 e. The first-order valence-corrected chi connectivity index (χ1v) is 8.96. The van der Waals surface area contributed by atoms with Crippen LogP contribution in [-0.4, -0.2) is 49.0 Å². The summed E-state index contributed by atoms with van der Waals surface area (Å²) in [5.74, 6) is 1.43. The standard InChI is InChI=1S/C21H27NO4/c1-25-17-8-5-7-16(13-17)19(23)14-22-12-6-11-21(24,15-22)18-9-3-4-10-20(18)26-2/h3-5,7-10,13,19,23-24H,6,11-12,14-15H2,1-2H3/t19-,21-/m1/s1. The highest BCUT2D eigenvalue weighted by Gasteiger charge is 2.37. The summed E-state index contributed by atoms with van der Waals surface area (Å²) in [6, 6.07) is 15.1. The highest BCUT2D eigenvalue weighted by atomic mass is 16.5. The van der Waals surface area contributed by atoms with Crippen molar-refractivity contribution in [1.82, 2.24) is 4.90 Å². The number of para-hydroxylation sites is 1. The molecule has 2 aromatic rings. The molecule has 1 aliphatic rings. The molecule has 1 heterocycles. The van der Waals surface area contributed by atoms with Gasteiger partial charge in [0.2, 0.25) is 0 Å². The summed E-state index contributed by atoms with van der Waals surface area (Å²) in [7, 11) is 3.23. The van der Waals surface area contributed by atoms with Gasteiger partial charge in [0.15, 0.2) is 0 Å². The minimum Gasteiger partial charge on any atom is -0.497 e. The van der Waals surface area contributed by atoms with E-state index in [2.05, 4.69) is 4.90 Å². The molecule has 0 aliphatic carbocycles. The van der Waals surface area contributed by atoms with Gasteiger partial charge in [-0.15, -0.1) is 0 Å². The maximum Gasteiger partial charge on any atom is 0.124 e. The van der Waals surface area contributed by atoms with Gasteiger partial charge in [0.1, 0.15) is 17.1 Å². The molecule has 1 fully saturated rings. The molecule has 1 aliphatic heterocycles. The van der Waals surface area contributed by atoms with E-state index in [1.165, 1.54) is 0 Å². The fraction of sp³-hybridized carbons (Fsp3) is 0.429. The van der Waals surface area contributed by atoms with Gasteiger partial charge in [0.25, 0.3) is 0 Å². The molecule has 26 heavy (non-hydrogen) atoms. The summed E-state index contributed by atoms with van der Waals surface area (Å²) in [4.78, 5) is 2.11. The Hall–Kier alpha value is -2.08. The molecule has 0 bridgehead atoms. The monoisotopic (exact) mass is 357 g/mol. The Morgan fingerprint density at radius 1 is 1.12 bits per heavy atom. The summed E-state index contributed by atoms with van der Waals surface area (Å²) in [5, 5.41) is 21.9. The maximum atomic E-state index is 11.3. The number of hydrogen-bond donors (Lipinski definition) is 2. The quantitative estimate of drug-likeness (QED) is 0.832. The number of nitrogens with zero attached hydrogens (tertiary/aromatic N) is 1. The number of ether oxygens (including phenoxy) is 2. The van der Waals surface area contributed by atoms with Gasteiger partial charge in [0, 0.05) is 18.7 Å². The normalized spacial score (nSPS) is 22.0. The maximum absolute atomic E-state index is 11.3. The second-order valence-corrected chi connectivity index (χ2v) is 6.86. The molecule has 2 aromatic carbocycles. The van der Waals surface area contributed by atoms with Crippen molar-refractivity contribution in [2.45, 2.75) is 24.5 Å². The lowest BCUT2D eigenvalue weighted by atomic mass is 9.85. The van der Waals surface area contributed by atoms with Crippen LogP contribution < -0.4 is 9.47 Å². The summed E-state index contributed by atoms with van der Waals surface area (Å²) < 4.78 is 10.7. The Labute approximate surface area is 154 Å². The van der Waals surface area contributed by atoms with Crippen LogP contribution in [0.25, 0.3) is 0 Å². The predicted molar refractivity (Wildman–Crippen MR) is 101 cm³/mol. The van der Waals surface area contributed by atoms with Crippen molar-refractivity contribution in [2.24, 2.45) is 0 Å². The van der Waals surface area contributed by atoms with Crippen LogP contribution in [0.2, 0.25) is 0 Å². The zero-order valence-corrected chi connectivity index (χ0v) is 15.4. The molecule has 2 N–H and O–H groups in total. The van der Waals surface area contributed by atoms with Gasteiger partial charge < -0.3 is 19.7 Å². The fourth-order valence-electron chi connectivity index (χ4n) is 3.73. The van der Waals surface area contributed by atoms with Crippen LogP contribution in [0.15, 0.2) is 48.5 Å². The molecule has 0 spiro atoms. The number of rotatable bonds is 6. The summed E-state index contributed by atoms with van der Waals surface area (Å²) in [6.45, 7) is 1.78. The molecular weight excluding hydrogens is 330 g/mol. The van der Waals surface area contributed by atoms with Crippen LogP contribution in [0.1, 0.15) is 30.1 Å². The van der Waals surface area contributed by atoms with Gasteiger partial charge in [-0.1, -0.05) is 30.3 Å². The molecule has 5 nitrogen and oxygen atoms in total. The van der Waals surface area contributed by atoms with E-state index in [-0.39, 0.29) is 0 Å². The van der Waals surface area contributed by atoms with E-state index in [4.69, 9.17) is 9.47 Å². The molecule has 0 radical (unpaired) electrons. The van der Waals surface area contributed by atoms with E-state index in [1.807, 2.05) is 48.5 Å². The van der Waals surface area contributed by atoms with Crippen molar-refractivity contribution < 1.29 is 19.7 Å². The van der Waals surface area contributed by atoms with E-state index in [0.717, 1.165) is 29.8 Å². The number of aliphatic hydroxyl groups excluding tert-OH is 1. The molecule has 0 unspecified atom stereocenters. The van der Waals surface area contributed by atoms with E-state index in [0.29, 0.717) is 25.3 Å². The zero-order chi connectivity index (χ0) is 18.6. The molecule has 140 valence electrons. The van der Waals surface area contributed by atoms with Gasteiger partial charge in [-0.05, 0) is 43.1 Å². The Balaban J connectivity index is 1.73. The number of aliphatic hydroxyl groups is 2. The summed E-state index contributed by atoms with van der Waals surface area (Å²) >= 11 is 0. The van der Waals surface area contributed by atoms with Gasteiger partial charge >= 0.3 is 0 Å². The number of piperidine rings is 1. The van der Waals surface area contributed by atoms with Crippen molar-refractivity contribution in [1.29, 1.82) is 0 Å². The van der Waals surface area contributed by atoms with E-state index >= 15 is 0 Å². The van der Waals surface area contributed by atoms with Crippen molar-refractivity contribution >= 4 is 0 Å². The number of β-amino-alcohol motifs (C(OH)–C–C–N with tert-alkyl or cyclic N) is 2. The Morgan fingerprint density at radius 2 is 1.92 bits per heavy atom. The van der Waals surface area contributed by atoms with Crippen LogP contribution in [0, 0.1) is 0 Å². The van der Waals surface area contributed by atoms with Crippen LogP contribution in [0.5, 0.6) is 11.5 Å². The lowest BCUT2D eigenvalue weighted by molar-refractivity contribution is -0.0474. The van der Waals surface area contributed by atoms with E-state index < -0.39 is 11.7 Å². The number of hydrogen-bond acceptors (Lipinski definition) is 5. The van der Waals surface area contributed by atoms with Crippen molar-refractivity contribution in [3.05, 3.63) is 59.7 Å². The molecular formula is C21H27NO4. The van der Waals surface area contributed by atoms with Gasteiger partial charge in [-0.3, -0.25) is 4.90 Å². The number of methoxy groups -OCH3 is 2. The van der Waals surface area contributed by atoms with E-state index in [1.54, 1.807) is 14.2 Å². The number of benzene rings is 2. The SMILES string of the molecule is COc1cccc([C@H](O)CN2CCC[C@](O)(c3ccccc3OC)C2)c1. The highest BCUT2D eigenvalue weighted by molar-refractivity contribution is 5.38. The van der Waals surface area contributed by atoms with Gasteiger partial charge in [-0.2, -0.15) is 0 Å². The second-order valence-electron chi connectivity index (χ2n) is 6.86. The molecule has 0 saturated carbocycles. The summed E-state index contributed by atoms with van der Waals surface area (Å²) in [6.07, 6.45) is 0.906. The largest absolute Gasteiger partial charge is 0.497 e. The zero-order valence-electron chi connectivity index (χ0n) is 15.4. The fourth-order valence-corrected chi connectivity index (χ4v) is 3.73.